The quantitative estimate of drug-likeness (QED) is 0.533. The molecule has 1 aliphatic heterocycles. The number of nitrogens with one attached hydrogen (secondary N) is 1. The Bertz CT molecular complexity index is 1280. The number of nitrogens with zero attached hydrogens (tertiary/aromatic N) is 3. The second kappa shape index (κ2) is 8.57. The van der Waals surface area contributed by atoms with E-state index in [1.165, 1.54) is 29.0 Å². The molecule has 2 aliphatic rings. The Morgan fingerprint density at radius 3 is 2.79 bits per heavy atom. The number of aliphatic hydroxyl groups is 1. The lowest BCUT2D eigenvalue weighted by Crippen LogP contribution is -2.34. The minimum atomic E-state index is -0.765. The number of benzene rings is 1. The number of aliphatic hydroxyl groups excluding tert-OH is 1. The number of aromatic nitrogens is 3. The number of carbonyl (C=O) groups excluding carboxylic acids is 1. The van der Waals surface area contributed by atoms with Crippen molar-refractivity contribution in [3.05, 3.63) is 75.5 Å². The molecule has 2 fully saturated rings. The predicted molar refractivity (Wildman–Crippen MR) is 118 cm³/mol. The summed E-state index contributed by atoms with van der Waals surface area (Å²) in [7, 11) is 0. The van der Waals surface area contributed by atoms with Crippen molar-refractivity contribution in [3.63, 3.8) is 0 Å². The molecule has 4 atom stereocenters. The summed E-state index contributed by atoms with van der Waals surface area (Å²) in [6.45, 7) is -0.395. The molecule has 0 spiro atoms. The third kappa shape index (κ3) is 4.09. The van der Waals surface area contributed by atoms with Crippen LogP contribution in [0.25, 0.3) is 11.3 Å². The highest BCUT2D eigenvalue weighted by Crippen LogP contribution is 2.37. The number of anilines is 1. The van der Waals surface area contributed by atoms with Crippen LogP contribution in [-0.2, 0) is 9.53 Å². The van der Waals surface area contributed by atoms with Crippen molar-refractivity contribution < 1.29 is 19.0 Å². The molecule has 170 valence electrons. The van der Waals surface area contributed by atoms with Crippen LogP contribution in [0.2, 0.25) is 5.02 Å². The SMILES string of the molecule is O=C1O[C@@H]2C[C@@H](Nc3nccc(-c4ccn([C@H](CO)c5ccc(Cl)c(F)c5)c(=O)c4)n3)[C@H]1C2. The van der Waals surface area contributed by atoms with Gasteiger partial charge in [-0.05, 0) is 36.2 Å². The van der Waals surface area contributed by atoms with Gasteiger partial charge in [-0.1, -0.05) is 17.7 Å². The van der Waals surface area contributed by atoms with Crippen LogP contribution in [0.4, 0.5) is 10.3 Å². The zero-order valence-corrected chi connectivity index (χ0v) is 18.1. The molecule has 2 aromatic heterocycles. The number of esters is 1. The summed E-state index contributed by atoms with van der Waals surface area (Å²) in [6, 6.07) is 8.09. The maximum absolute atomic E-state index is 13.9. The van der Waals surface area contributed by atoms with E-state index in [0.717, 1.165) is 0 Å². The Kier molecular flexibility index (Phi) is 5.59. The largest absolute Gasteiger partial charge is 0.462 e. The van der Waals surface area contributed by atoms with Crippen LogP contribution in [0.1, 0.15) is 24.4 Å². The van der Waals surface area contributed by atoms with E-state index in [1.54, 1.807) is 24.4 Å². The first-order valence-corrected chi connectivity index (χ1v) is 10.9. The van der Waals surface area contributed by atoms with Crippen molar-refractivity contribution in [3.8, 4) is 11.3 Å². The molecule has 0 unspecified atom stereocenters. The van der Waals surface area contributed by atoms with Gasteiger partial charge in [-0.25, -0.2) is 14.4 Å². The van der Waals surface area contributed by atoms with Crippen LogP contribution in [-0.4, -0.2) is 44.4 Å². The number of hydrogen-bond acceptors (Lipinski definition) is 7. The molecule has 33 heavy (non-hydrogen) atoms. The highest BCUT2D eigenvalue weighted by Gasteiger charge is 2.48. The predicted octanol–water partition coefficient (Wildman–Crippen LogP) is 2.80. The highest BCUT2D eigenvalue weighted by atomic mass is 35.5. The molecule has 10 heteroatoms. The number of rotatable bonds is 6. The third-order valence-electron chi connectivity index (χ3n) is 6.16. The summed E-state index contributed by atoms with van der Waals surface area (Å²) in [5.41, 5.74) is 1.13. The first-order valence-electron chi connectivity index (χ1n) is 10.5. The standard InChI is InChI=1S/C23H20ClFN4O4/c24-16-2-1-13(7-17(16)25)20(11-30)29-6-4-12(8-21(29)31)18-3-5-26-23(27-18)28-19-10-14-9-15(19)22(32)33-14/h1-8,14-15,19-20,30H,9-11H2,(H,26,27,28)/t14-,15+,19+,20+/m0/s1. The number of fused-ring (bicyclic) bond motifs is 2. The number of ether oxygens (including phenoxy) is 1. The Morgan fingerprint density at radius 2 is 2.09 bits per heavy atom. The number of pyridine rings is 1. The van der Waals surface area contributed by atoms with Gasteiger partial charge in [0.2, 0.25) is 5.95 Å². The Balaban J connectivity index is 1.39. The summed E-state index contributed by atoms with van der Waals surface area (Å²) in [4.78, 5) is 33.4. The van der Waals surface area contributed by atoms with Gasteiger partial charge in [0.1, 0.15) is 11.9 Å². The topological polar surface area (TPSA) is 106 Å². The molecule has 1 saturated carbocycles. The molecule has 0 amide bonds. The minimum Gasteiger partial charge on any atom is -0.462 e. The second-order valence-corrected chi connectivity index (χ2v) is 8.59. The summed E-state index contributed by atoms with van der Waals surface area (Å²) in [5.74, 6) is -0.643. The van der Waals surface area contributed by atoms with Crippen molar-refractivity contribution in [2.45, 2.75) is 31.0 Å². The van der Waals surface area contributed by atoms with Crippen LogP contribution in [0, 0.1) is 11.7 Å². The van der Waals surface area contributed by atoms with E-state index < -0.39 is 18.5 Å². The molecule has 2 N–H and O–H groups in total. The Morgan fingerprint density at radius 1 is 1.24 bits per heavy atom. The Labute approximate surface area is 193 Å². The van der Waals surface area contributed by atoms with Gasteiger partial charge in [0, 0.05) is 36.5 Å². The number of carbonyl (C=O) groups is 1. The van der Waals surface area contributed by atoms with Gasteiger partial charge >= 0.3 is 5.97 Å². The average Bonchev–Trinajstić information content (AvgIpc) is 3.36. The number of halogens is 2. The van der Waals surface area contributed by atoms with Crippen LogP contribution < -0.4 is 10.9 Å². The van der Waals surface area contributed by atoms with Gasteiger partial charge in [-0.15, -0.1) is 0 Å². The van der Waals surface area contributed by atoms with E-state index in [9.17, 15) is 19.1 Å². The third-order valence-corrected chi connectivity index (χ3v) is 6.46. The van der Waals surface area contributed by atoms with Crippen molar-refractivity contribution in [2.24, 2.45) is 5.92 Å². The van der Waals surface area contributed by atoms with Gasteiger partial charge in [-0.2, -0.15) is 0 Å². The zero-order valence-electron chi connectivity index (χ0n) is 17.3. The van der Waals surface area contributed by atoms with Gasteiger partial charge in [0.15, 0.2) is 0 Å². The van der Waals surface area contributed by atoms with E-state index in [-0.39, 0.29) is 34.6 Å². The van der Waals surface area contributed by atoms with Crippen LogP contribution in [0.5, 0.6) is 0 Å². The first kappa shape index (κ1) is 21.5. The minimum absolute atomic E-state index is 0.0337. The van der Waals surface area contributed by atoms with Crippen molar-refractivity contribution in [1.29, 1.82) is 0 Å². The summed E-state index contributed by atoms with van der Waals surface area (Å²) in [6.07, 6.45) is 4.48. The average molecular weight is 471 g/mol. The van der Waals surface area contributed by atoms with Crippen molar-refractivity contribution in [1.82, 2.24) is 14.5 Å². The smallest absolute Gasteiger partial charge is 0.311 e. The molecule has 0 radical (unpaired) electrons. The normalized spacial score (nSPS) is 22.3. The van der Waals surface area contributed by atoms with E-state index in [1.807, 2.05) is 0 Å². The molecule has 1 saturated heterocycles. The molecule has 5 rings (SSSR count). The van der Waals surface area contributed by atoms with Crippen LogP contribution in [0.15, 0.2) is 53.6 Å². The lowest BCUT2D eigenvalue weighted by molar-refractivity contribution is -0.148. The van der Waals surface area contributed by atoms with E-state index in [0.29, 0.717) is 35.6 Å². The van der Waals surface area contributed by atoms with E-state index in [4.69, 9.17) is 16.3 Å². The molecule has 1 aliphatic carbocycles. The Hall–Kier alpha value is -3.30. The van der Waals surface area contributed by atoms with Crippen LogP contribution in [0.3, 0.4) is 0 Å². The van der Waals surface area contributed by atoms with Crippen molar-refractivity contribution >= 4 is 23.5 Å². The molecule has 1 aromatic carbocycles. The van der Waals surface area contributed by atoms with Gasteiger partial charge in [0.05, 0.1) is 29.3 Å². The molecule has 2 bridgehead atoms. The maximum atomic E-state index is 13.9. The number of hydrogen-bond donors (Lipinski definition) is 2. The van der Waals surface area contributed by atoms with E-state index in [2.05, 4.69) is 15.3 Å². The fourth-order valence-corrected chi connectivity index (χ4v) is 4.61. The second-order valence-electron chi connectivity index (χ2n) is 8.19. The molecule has 8 nitrogen and oxygen atoms in total. The first-order chi connectivity index (χ1) is 15.9. The van der Waals surface area contributed by atoms with Gasteiger partial charge in [-0.3, -0.25) is 9.59 Å². The fourth-order valence-electron chi connectivity index (χ4n) is 4.49. The van der Waals surface area contributed by atoms with E-state index >= 15 is 0 Å². The summed E-state index contributed by atoms with van der Waals surface area (Å²) < 4.78 is 20.4. The molecule has 3 aromatic rings. The van der Waals surface area contributed by atoms with Crippen molar-refractivity contribution in [2.75, 3.05) is 11.9 Å². The lowest BCUT2D eigenvalue weighted by Gasteiger charge is -2.22. The summed E-state index contributed by atoms with van der Waals surface area (Å²) >= 11 is 5.74. The highest BCUT2D eigenvalue weighted by molar-refractivity contribution is 6.30. The molecular weight excluding hydrogens is 451 g/mol. The van der Waals surface area contributed by atoms with Gasteiger partial charge < -0.3 is 19.7 Å². The maximum Gasteiger partial charge on any atom is 0.311 e. The fraction of sp³-hybridized carbons (Fsp3) is 0.304. The molecule has 3 heterocycles. The van der Waals surface area contributed by atoms with Crippen LogP contribution >= 0.6 is 11.6 Å². The monoisotopic (exact) mass is 470 g/mol. The zero-order chi connectivity index (χ0) is 23.1. The summed E-state index contributed by atoms with van der Waals surface area (Å²) in [5, 5.41) is 13.0. The van der Waals surface area contributed by atoms with Gasteiger partial charge in [0.25, 0.3) is 5.56 Å². The molecular formula is C23H20ClFN4O4. The lowest BCUT2D eigenvalue weighted by atomic mass is 10.0.